The summed E-state index contributed by atoms with van der Waals surface area (Å²) in [4.78, 5) is 2.35. The van der Waals surface area contributed by atoms with Crippen LogP contribution in [0.4, 0.5) is 0 Å². The highest BCUT2D eigenvalue weighted by molar-refractivity contribution is 4.84. The lowest BCUT2D eigenvalue weighted by molar-refractivity contribution is 0.0969. The lowest BCUT2D eigenvalue weighted by atomic mass is 9.84. The lowest BCUT2D eigenvalue weighted by Crippen LogP contribution is -2.49. The van der Waals surface area contributed by atoms with Crippen LogP contribution in [0.1, 0.15) is 48.0 Å². The highest BCUT2D eigenvalue weighted by atomic mass is 16.3. The van der Waals surface area contributed by atoms with Crippen LogP contribution >= 0.6 is 0 Å². The molecule has 2 N–H and O–H groups in total. The molecule has 0 aliphatic carbocycles. The molecule has 0 rings (SSSR count). The Labute approximate surface area is 108 Å². The van der Waals surface area contributed by atoms with Crippen LogP contribution in [-0.2, 0) is 0 Å². The summed E-state index contributed by atoms with van der Waals surface area (Å²) in [5, 5.41) is 12.7. The summed E-state index contributed by atoms with van der Waals surface area (Å²) in [6.07, 6.45) is 1.17. The second kappa shape index (κ2) is 8.06. The normalized spacial score (nSPS) is 14.6. The van der Waals surface area contributed by atoms with Gasteiger partial charge in [0.1, 0.15) is 0 Å². The van der Waals surface area contributed by atoms with Crippen molar-refractivity contribution < 1.29 is 5.11 Å². The van der Waals surface area contributed by atoms with E-state index in [0.717, 1.165) is 19.6 Å². The van der Waals surface area contributed by atoms with Gasteiger partial charge in [0.25, 0.3) is 0 Å². The van der Waals surface area contributed by atoms with Crippen molar-refractivity contribution in [1.82, 2.24) is 10.2 Å². The highest BCUT2D eigenvalue weighted by Gasteiger charge is 2.28. The third kappa shape index (κ3) is 6.39. The molecular formula is C14H32N2O. The summed E-state index contributed by atoms with van der Waals surface area (Å²) < 4.78 is 0. The molecule has 0 aromatic heterocycles. The molecule has 0 saturated heterocycles. The molecule has 0 aromatic rings. The molecule has 0 fully saturated rings. The highest BCUT2D eigenvalue weighted by Crippen LogP contribution is 2.23. The molecule has 0 aliphatic rings. The predicted molar refractivity (Wildman–Crippen MR) is 75.3 cm³/mol. The van der Waals surface area contributed by atoms with Crippen LogP contribution in [-0.4, -0.2) is 48.3 Å². The Balaban J connectivity index is 4.36. The zero-order chi connectivity index (χ0) is 13.5. The van der Waals surface area contributed by atoms with E-state index in [1.54, 1.807) is 0 Å². The number of aliphatic hydroxyl groups excluding tert-OH is 1. The van der Waals surface area contributed by atoms with E-state index >= 15 is 0 Å². The van der Waals surface area contributed by atoms with Gasteiger partial charge in [-0.2, -0.15) is 0 Å². The fourth-order valence-corrected chi connectivity index (χ4v) is 1.95. The molecule has 1 unspecified atom stereocenters. The molecule has 1 atom stereocenters. The van der Waals surface area contributed by atoms with Gasteiger partial charge in [0.05, 0.1) is 6.61 Å². The Morgan fingerprint density at radius 1 is 1.24 bits per heavy atom. The Kier molecular flexibility index (Phi) is 8.01. The number of nitrogens with zero attached hydrogens (tertiary/aromatic N) is 1. The maximum Gasteiger partial charge on any atom is 0.0558 e. The third-order valence-electron chi connectivity index (χ3n) is 3.60. The van der Waals surface area contributed by atoms with Gasteiger partial charge in [-0.1, -0.05) is 20.8 Å². The molecule has 0 spiro atoms. The van der Waals surface area contributed by atoms with Crippen molar-refractivity contribution in [1.29, 1.82) is 0 Å². The summed E-state index contributed by atoms with van der Waals surface area (Å²) in [7, 11) is 0. The van der Waals surface area contributed by atoms with E-state index in [2.05, 4.69) is 51.8 Å². The van der Waals surface area contributed by atoms with Gasteiger partial charge in [-0.15, -0.1) is 0 Å². The maximum atomic E-state index is 9.11. The quantitative estimate of drug-likeness (QED) is 0.652. The van der Waals surface area contributed by atoms with Crippen LogP contribution in [0.2, 0.25) is 0 Å². The van der Waals surface area contributed by atoms with E-state index in [4.69, 9.17) is 5.11 Å². The first-order valence-electron chi connectivity index (χ1n) is 6.93. The van der Waals surface area contributed by atoms with Gasteiger partial charge in [0.2, 0.25) is 0 Å². The fraction of sp³-hybridized carbons (Fsp3) is 1.00. The van der Waals surface area contributed by atoms with Crippen LogP contribution < -0.4 is 5.32 Å². The van der Waals surface area contributed by atoms with Gasteiger partial charge in [-0.05, 0) is 39.2 Å². The third-order valence-corrected chi connectivity index (χ3v) is 3.60. The number of hydrogen-bond acceptors (Lipinski definition) is 3. The number of aliphatic hydroxyl groups is 1. The van der Waals surface area contributed by atoms with Crippen molar-refractivity contribution >= 4 is 0 Å². The first kappa shape index (κ1) is 16.9. The van der Waals surface area contributed by atoms with Gasteiger partial charge < -0.3 is 10.4 Å². The molecule has 104 valence electrons. The Hall–Kier alpha value is -0.120. The first-order chi connectivity index (χ1) is 7.85. The van der Waals surface area contributed by atoms with Crippen molar-refractivity contribution in [3.05, 3.63) is 0 Å². The topological polar surface area (TPSA) is 35.5 Å². The van der Waals surface area contributed by atoms with Crippen LogP contribution in [0.3, 0.4) is 0 Å². The average molecular weight is 244 g/mol. The minimum atomic E-state index is 0.217. The second-order valence-corrected chi connectivity index (χ2v) is 5.95. The largest absolute Gasteiger partial charge is 0.395 e. The summed E-state index contributed by atoms with van der Waals surface area (Å²) in [5.41, 5.74) is 0.217. The van der Waals surface area contributed by atoms with E-state index < -0.39 is 0 Å². The number of rotatable bonds is 9. The smallest absolute Gasteiger partial charge is 0.0558 e. The van der Waals surface area contributed by atoms with Gasteiger partial charge in [-0.3, -0.25) is 4.90 Å². The Bertz CT molecular complexity index is 193. The first-order valence-corrected chi connectivity index (χ1v) is 6.93. The summed E-state index contributed by atoms with van der Waals surface area (Å²) in [6.45, 7) is 16.5. The van der Waals surface area contributed by atoms with E-state index in [-0.39, 0.29) is 12.0 Å². The summed E-state index contributed by atoms with van der Waals surface area (Å²) in [6, 6.07) is 0.974. The van der Waals surface area contributed by atoms with Gasteiger partial charge in [0, 0.05) is 25.2 Å². The standard InChI is InChI=1S/C14H32N2O/c1-7-8-15-13(4)14(5,6)11-16(9-10-17)12(2)3/h12-13,15,17H,7-11H2,1-6H3. The van der Waals surface area contributed by atoms with Crippen molar-refractivity contribution in [3.63, 3.8) is 0 Å². The zero-order valence-electron chi connectivity index (χ0n) is 12.6. The molecular weight excluding hydrogens is 212 g/mol. The molecule has 0 bridgehead atoms. The fourth-order valence-electron chi connectivity index (χ4n) is 1.95. The Morgan fingerprint density at radius 2 is 1.82 bits per heavy atom. The molecule has 0 aromatic carbocycles. The maximum absolute atomic E-state index is 9.11. The number of hydrogen-bond donors (Lipinski definition) is 2. The molecule has 0 saturated carbocycles. The molecule has 0 radical (unpaired) electrons. The van der Waals surface area contributed by atoms with E-state index in [9.17, 15) is 0 Å². The van der Waals surface area contributed by atoms with Crippen LogP contribution in [0.5, 0.6) is 0 Å². The van der Waals surface area contributed by atoms with Gasteiger partial charge >= 0.3 is 0 Å². The summed E-state index contributed by atoms with van der Waals surface area (Å²) in [5.74, 6) is 0. The van der Waals surface area contributed by atoms with E-state index in [0.29, 0.717) is 12.1 Å². The molecule has 3 heteroatoms. The predicted octanol–water partition coefficient (Wildman–Crippen LogP) is 2.10. The van der Waals surface area contributed by atoms with Crippen LogP contribution in [0, 0.1) is 5.41 Å². The van der Waals surface area contributed by atoms with Crippen molar-refractivity contribution in [3.8, 4) is 0 Å². The SMILES string of the molecule is CCCNC(C)C(C)(C)CN(CCO)C(C)C. The van der Waals surface area contributed by atoms with Crippen LogP contribution in [0.25, 0.3) is 0 Å². The molecule has 3 nitrogen and oxygen atoms in total. The van der Waals surface area contributed by atoms with Crippen molar-refractivity contribution in [2.75, 3.05) is 26.2 Å². The van der Waals surface area contributed by atoms with E-state index in [1.165, 1.54) is 6.42 Å². The van der Waals surface area contributed by atoms with Gasteiger partial charge in [0.15, 0.2) is 0 Å². The zero-order valence-corrected chi connectivity index (χ0v) is 12.6. The molecule has 0 aliphatic heterocycles. The minimum absolute atomic E-state index is 0.217. The van der Waals surface area contributed by atoms with Crippen molar-refractivity contribution in [2.24, 2.45) is 5.41 Å². The van der Waals surface area contributed by atoms with Crippen molar-refractivity contribution in [2.45, 2.75) is 60.0 Å². The molecule has 0 heterocycles. The second-order valence-electron chi connectivity index (χ2n) is 5.95. The number of nitrogens with one attached hydrogen (secondary N) is 1. The molecule has 17 heavy (non-hydrogen) atoms. The van der Waals surface area contributed by atoms with E-state index in [1.807, 2.05) is 0 Å². The van der Waals surface area contributed by atoms with Gasteiger partial charge in [-0.25, -0.2) is 0 Å². The monoisotopic (exact) mass is 244 g/mol. The lowest BCUT2D eigenvalue weighted by Gasteiger charge is -2.39. The average Bonchev–Trinajstić information content (AvgIpc) is 2.24. The summed E-state index contributed by atoms with van der Waals surface area (Å²) >= 11 is 0. The minimum Gasteiger partial charge on any atom is -0.395 e. The molecule has 0 amide bonds. The Morgan fingerprint density at radius 3 is 2.24 bits per heavy atom. The van der Waals surface area contributed by atoms with Crippen LogP contribution in [0.15, 0.2) is 0 Å².